The number of halogens is 1. The van der Waals surface area contributed by atoms with E-state index in [-0.39, 0.29) is 0 Å². The lowest BCUT2D eigenvalue weighted by atomic mass is 10.2. The molecular weight excluding hydrogens is 314 g/mol. The number of hydrogen-bond donors (Lipinski definition) is 1. The highest BCUT2D eigenvalue weighted by atomic mass is 79.9. The lowest BCUT2D eigenvalue weighted by Crippen LogP contribution is -2.15. The third-order valence-electron chi connectivity index (χ3n) is 3.48. The molecule has 0 unspecified atom stereocenters. The van der Waals surface area contributed by atoms with Crippen LogP contribution in [-0.2, 0) is 13.1 Å². The minimum Gasteiger partial charge on any atom is -0.313 e. The molecule has 1 aromatic heterocycles. The van der Waals surface area contributed by atoms with Gasteiger partial charge in [-0.2, -0.15) is 5.10 Å². The molecule has 1 N–H and O–H groups in total. The van der Waals surface area contributed by atoms with Crippen LogP contribution in [0.3, 0.4) is 0 Å². The Hall–Kier alpha value is -1.13. The molecule has 108 valence electrons. The summed E-state index contributed by atoms with van der Waals surface area (Å²) >= 11 is 3.52. The monoisotopic (exact) mass is 335 g/mol. The van der Waals surface area contributed by atoms with Crippen molar-refractivity contribution >= 4 is 15.9 Å². The molecule has 20 heavy (non-hydrogen) atoms. The third kappa shape index (κ3) is 3.70. The van der Waals surface area contributed by atoms with E-state index >= 15 is 0 Å². The zero-order valence-corrected chi connectivity index (χ0v) is 14.0. The van der Waals surface area contributed by atoms with Crippen LogP contribution in [-0.4, -0.2) is 16.3 Å². The van der Waals surface area contributed by atoms with E-state index in [1.165, 1.54) is 16.8 Å². The molecule has 0 aliphatic rings. The van der Waals surface area contributed by atoms with E-state index < -0.39 is 0 Å². The van der Waals surface area contributed by atoms with Crippen molar-refractivity contribution in [3.05, 3.63) is 51.3 Å². The highest BCUT2D eigenvalue weighted by Crippen LogP contribution is 2.17. The zero-order valence-electron chi connectivity index (χ0n) is 12.4. The second-order valence-corrected chi connectivity index (χ2v) is 6.03. The molecule has 4 heteroatoms. The fourth-order valence-corrected chi connectivity index (χ4v) is 2.79. The normalized spacial score (nSPS) is 11.0. The number of nitrogens with zero attached hydrogens (tertiary/aromatic N) is 2. The topological polar surface area (TPSA) is 29.9 Å². The van der Waals surface area contributed by atoms with Gasteiger partial charge in [-0.05, 0) is 44.5 Å². The largest absolute Gasteiger partial charge is 0.313 e. The van der Waals surface area contributed by atoms with Gasteiger partial charge in [0.25, 0.3) is 0 Å². The summed E-state index contributed by atoms with van der Waals surface area (Å²) in [4.78, 5) is 0. The zero-order chi connectivity index (χ0) is 14.5. The van der Waals surface area contributed by atoms with Gasteiger partial charge >= 0.3 is 0 Å². The minimum atomic E-state index is 0.819. The Morgan fingerprint density at radius 3 is 2.80 bits per heavy atom. The van der Waals surface area contributed by atoms with Gasteiger partial charge in [-0.15, -0.1) is 0 Å². The standard InChI is InChI=1S/C16H22BrN3/c1-4-8-18-10-16-12(2)19-20(13(16)3)11-14-6-5-7-15(17)9-14/h5-7,9,18H,4,8,10-11H2,1-3H3. The van der Waals surface area contributed by atoms with Crippen LogP contribution in [0.4, 0.5) is 0 Å². The van der Waals surface area contributed by atoms with Crippen molar-refractivity contribution in [2.45, 2.75) is 40.3 Å². The van der Waals surface area contributed by atoms with Crippen LogP contribution in [0.15, 0.2) is 28.7 Å². The van der Waals surface area contributed by atoms with Gasteiger partial charge in [0, 0.05) is 22.3 Å². The summed E-state index contributed by atoms with van der Waals surface area (Å²) in [6.07, 6.45) is 1.16. The van der Waals surface area contributed by atoms with Gasteiger partial charge in [-0.3, -0.25) is 4.68 Å². The molecule has 0 saturated heterocycles. The van der Waals surface area contributed by atoms with Crippen LogP contribution in [0, 0.1) is 13.8 Å². The quantitative estimate of drug-likeness (QED) is 0.813. The molecule has 0 radical (unpaired) electrons. The summed E-state index contributed by atoms with van der Waals surface area (Å²) in [5, 5.41) is 8.13. The molecule has 2 rings (SSSR count). The molecule has 2 aromatic rings. The molecule has 0 saturated carbocycles. The summed E-state index contributed by atoms with van der Waals surface area (Å²) in [5.74, 6) is 0. The Morgan fingerprint density at radius 2 is 2.10 bits per heavy atom. The van der Waals surface area contributed by atoms with Gasteiger partial charge in [0.2, 0.25) is 0 Å². The van der Waals surface area contributed by atoms with E-state index in [0.717, 1.165) is 36.2 Å². The summed E-state index contributed by atoms with van der Waals surface area (Å²) in [7, 11) is 0. The number of aromatic nitrogens is 2. The maximum Gasteiger partial charge on any atom is 0.0663 e. The first-order chi connectivity index (χ1) is 9.61. The molecule has 0 aliphatic carbocycles. The second kappa shape index (κ2) is 7.04. The molecule has 0 aliphatic heterocycles. The number of benzene rings is 1. The summed E-state index contributed by atoms with van der Waals surface area (Å²) in [6.45, 7) is 9.21. The lowest BCUT2D eigenvalue weighted by Gasteiger charge is -2.07. The summed E-state index contributed by atoms with van der Waals surface area (Å²) in [6, 6.07) is 8.39. The average molecular weight is 336 g/mol. The SMILES string of the molecule is CCCNCc1c(C)nn(Cc2cccc(Br)c2)c1C. The molecule has 1 heterocycles. The van der Waals surface area contributed by atoms with Crippen LogP contribution in [0.25, 0.3) is 0 Å². The molecule has 0 bridgehead atoms. The first-order valence-corrected chi connectivity index (χ1v) is 7.89. The van der Waals surface area contributed by atoms with Gasteiger partial charge in [0.15, 0.2) is 0 Å². The van der Waals surface area contributed by atoms with E-state index in [1.54, 1.807) is 0 Å². The maximum absolute atomic E-state index is 4.68. The minimum absolute atomic E-state index is 0.819. The molecular formula is C16H22BrN3. The first kappa shape index (κ1) is 15.3. The fraction of sp³-hybridized carbons (Fsp3) is 0.438. The lowest BCUT2D eigenvalue weighted by molar-refractivity contribution is 0.650. The van der Waals surface area contributed by atoms with Crippen LogP contribution in [0.1, 0.15) is 35.9 Å². The molecule has 3 nitrogen and oxygen atoms in total. The van der Waals surface area contributed by atoms with Crippen LogP contribution in [0.5, 0.6) is 0 Å². The van der Waals surface area contributed by atoms with Crippen LogP contribution in [0.2, 0.25) is 0 Å². The number of hydrogen-bond acceptors (Lipinski definition) is 2. The first-order valence-electron chi connectivity index (χ1n) is 7.10. The smallest absolute Gasteiger partial charge is 0.0663 e. The van der Waals surface area contributed by atoms with Gasteiger partial charge in [-0.1, -0.05) is 35.0 Å². The molecule has 0 fully saturated rings. The van der Waals surface area contributed by atoms with Gasteiger partial charge < -0.3 is 5.32 Å². The van der Waals surface area contributed by atoms with Crippen molar-refractivity contribution in [2.75, 3.05) is 6.54 Å². The number of nitrogens with one attached hydrogen (secondary N) is 1. The van der Waals surface area contributed by atoms with Gasteiger partial charge in [-0.25, -0.2) is 0 Å². The van der Waals surface area contributed by atoms with Crippen molar-refractivity contribution in [1.82, 2.24) is 15.1 Å². The van der Waals surface area contributed by atoms with Crippen molar-refractivity contribution in [1.29, 1.82) is 0 Å². The predicted octanol–water partition coefficient (Wildman–Crippen LogP) is 3.81. The molecule has 1 aromatic carbocycles. The Labute approximate surface area is 129 Å². The van der Waals surface area contributed by atoms with E-state index in [4.69, 9.17) is 0 Å². The van der Waals surface area contributed by atoms with Crippen molar-refractivity contribution in [2.24, 2.45) is 0 Å². The maximum atomic E-state index is 4.68. The highest BCUT2D eigenvalue weighted by Gasteiger charge is 2.11. The molecule has 0 amide bonds. The Kier molecular flexibility index (Phi) is 5.38. The Bertz CT molecular complexity index is 575. The Balaban J connectivity index is 2.15. The average Bonchev–Trinajstić information content (AvgIpc) is 2.66. The summed E-state index contributed by atoms with van der Waals surface area (Å²) < 4.78 is 3.21. The number of rotatable bonds is 6. The van der Waals surface area contributed by atoms with Crippen molar-refractivity contribution < 1.29 is 0 Å². The third-order valence-corrected chi connectivity index (χ3v) is 3.97. The van der Waals surface area contributed by atoms with Gasteiger partial charge in [0.1, 0.15) is 0 Å². The van der Waals surface area contributed by atoms with E-state index in [2.05, 4.69) is 70.0 Å². The van der Waals surface area contributed by atoms with Crippen molar-refractivity contribution in [3.63, 3.8) is 0 Å². The van der Waals surface area contributed by atoms with E-state index in [1.807, 2.05) is 6.07 Å². The molecule has 0 spiro atoms. The summed E-state index contributed by atoms with van der Waals surface area (Å²) in [5.41, 5.74) is 4.97. The van der Waals surface area contributed by atoms with Gasteiger partial charge in [0.05, 0.1) is 12.2 Å². The fourth-order valence-electron chi connectivity index (χ4n) is 2.34. The van der Waals surface area contributed by atoms with Crippen LogP contribution < -0.4 is 5.32 Å². The second-order valence-electron chi connectivity index (χ2n) is 5.11. The van der Waals surface area contributed by atoms with E-state index in [0.29, 0.717) is 0 Å². The van der Waals surface area contributed by atoms with Crippen LogP contribution >= 0.6 is 15.9 Å². The number of aryl methyl sites for hydroxylation is 1. The Morgan fingerprint density at radius 1 is 1.30 bits per heavy atom. The van der Waals surface area contributed by atoms with Crippen molar-refractivity contribution in [3.8, 4) is 0 Å². The molecule has 0 atom stereocenters. The highest BCUT2D eigenvalue weighted by molar-refractivity contribution is 9.10. The predicted molar refractivity (Wildman–Crippen MR) is 86.9 cm³/mol. The van der Waals surface area contributed by atoms with E-state index in [9.17, 15) is 0 Å².